The van der Waals surface area contributed by atoms with Crippen molar-refractivity contribution in [2.24, 2.45) is 5.73 Å². The van der Waals surface area contributed by atoms with Gasteiger partial charge < -0.3 is 20.9 Å². The zero-order valence-electron chi connectivity index (χ0n) is 22.0. The van der Waals surface area contributed by atoms with E-state index in [1.54, 1.807) is 42.3 Å². The first-order valence-electron chi connectivity index (χ1n) is 12.2. The molecule has 7 nitrogen and oxygen atoms in total. The monoisotopic (exact) mass is 481 g/mol. The summed E-state index contributed by atoms with van der Waals surface area (Å²) in [5.74, 6) is 0.424. The maximum absolute atomic E-state index is 13.6. The van der Waals surface area contributed by atoms with E-state index in [2.05, 4.69) is 5.32 Å². The average Bonchev–Trinajstić information content (AvgIpc) is 3.27. The molecule has 0 heterocycles. The number of phenolic OH excluding ortho intramolecular Hbond substituents is 1. The molecule has 4 N–H and O–H groups in total. The smallest absolute Gasteiger partial charge is 0.319 e. The lowest BCUT2D eigenvalue weighted by Gasteiger charge is -2.30. The van der Waals surface area contributed by atoms with Gasteiger partial charge in [0.1, 0.15) is 11.5 Å². The number of carbonyl (C=O) groups excluding carboxylic acids is 2. The third-order valence-corrected chi connectivity index (χ3v) is 6.63. The molecule has 0 bridgehead atoms. The molecule has 1 aliphatic carbocycles. The number of nitrogens with zero attached hydrogens (tertiary/aromatic N) is 1. The predicted molar refractivity (Wildman–Crippen MR) is 141 cm³/mol. The van der Waals surface area contributed by atoms with Gasteiger partial charge in [0.25, 0.3) is 5.91 Å². The average molecular weight is 482 g/mol. The second-order valence-electron chi connectivity index (χ2n) is 11.4. The van der Waals surface area contributed by atoms with E-state index in [1.165, 1.54) is 0 Å². The second-order valence-corrected chi connectivity index (χ2v) is 11.4. The molecule has 2 aromatic rings. The third kappa shape index (κ3) is 5.72. The number of hydrogen-bond donors (Lipinski definition) is 3. The lowest BCUT2D eigenvalue weighted by atomic mass is 9.78. The number of benzene rings is 2. The Morgan fingerprint density at radius 1 is 1.00 bits per heavy atom. The summed E-state index contributed by atoms with van der Waals surface area (Å²) in [4.78, 5) is 27.6. The maximum Gasteiger partial charge on any atom is 0.319 e. The molecule has 1 aliphatic rings. The maximum atomic E-state index is 13.6. The molecule has 3 amide bonds. The number of nitrogens with two attached hydrogens (primary N) is 1. The number of rotatable bonds is 5. The molecule has 0 saturated heterocycles. The van der Waals surface area contributed by atoms with E-state index >= 15 is 0 Å². The van der Waals surface area contributed by atoms with Crippen LogP contribution in [0.25, 0.3) is 0 Å². The molecule has 0 atom stereocenters. The lowest BCUT2D eigenvalue weighted by molar-refractivity contribution is 0.102. The van der Waals surface area contributed by atoms with Crippen LogP contribution in [0.4, 0.5) is 16.2 Å². The van der Waals surface area contributed by atoms with Crippen molar-refractivity contribution in [3.63, 3.8) is 0 Å². The Bertz CT molecular complexity index is 1070. The number of urea groups is 1. The van der Waals surface area contributed by atoms with Crippen molar-refractivity contribution in [2.75, 3.05) is 17.3 Å². The van der Waals surface area contributed by atoms with Crippen molar-refractivity contribution in [2.45, 2.75) is 84.1 Å². The Kier molecular flexibility index (Phi) is 7.39. The molecule has 0 aliphatic heterocycles. The van der Waals surface area contributed by atoms with Crippen molar-refractivity contribution in [1.29, 1.82) is 0 Å². The Morgan fingerprint density at radius 2 is 1.54 bits per heavy atom. The number of phenols is 1. The first-order valence-corrected chi connectivity index (χ1v) is 12.2. The highest BCUT2D eigenvalue weighted by atomic mass is 16.5. The number of primary amides is 1. The van der Waals surface area contributed by atoms with Gasteiger partial charge in [-0.15, -0.1) is 0 Å². The molecule has 0 aromatic heterocycles. The van der Waals surface area contributed by atoms with E-state index in [4.69, 9.17) is 10.5 Å². The fourth-order valence-corrected chi connectivity index (χ4v) is 4.71. The van der Waals surface area contributed by atoms with Crippen LogP contribution in [-0.4, -0.2) is 30.2 Å². The summed E-state index contributed by atoms with van der Waals surface area (Å²) in [6.07, 6.45) is 3.80. The van der Waals surface area contributed by atoms with Crippen LogP contribution in [0.3, 0.4) is 0 Å². The van der Waals surface area contributed by atoms with Crippen LogP contribution in [0, 0.1) is 0 Å². The fraction of sp³-hybridized carbons (Fsp3) is 0.500. The van der Waals surface area contributed by atoms with Gasteiger partial charge >= 0.3 is 6.03 Å². The lowest BCUT2D eigenvalue weighted by Crippen LogP contribution is -2.43. The molecule has 0 radical (unpaired) electrons. The van der Waals surface area contributed by atoms with Gasteiger partial charge in [-0.3, -0.25) is 9.69 Å². The van der Waals surface area contributed by atoms with Crippen molar-refractivity contribution in [3.05, 3.63) is 47.0 Å². The summed E-state index contributed by atoms with van der Waals surface area (Å²) < 4.78 is 5.39. The van der Waals surface area contributed by atoms with Gasteiger partial charge in [-0.05, 0) is 47.9 Å². The number of anilines is 2. The third-order valence-electron chi connectivity index (χ3n) is 6.63. The van der Waals surface area contributed by atoms with Crippen molar-refractivity contribution in [1.82, 2.24) is 0 Å². The summed E-state index contributed by atoms with van der Waals surface area (Å²) in [6, 6.07) is 8.14. The van der Waals surface area contributed by atoms with Crippen LogP contribution in [0.5, 0.6) is 11.5 Å². The summed E-state index contributed by atoms with van der Waals surface area (Å²) >= 11 is 0. The number of aromatic hydroxyl groups is 1. The van der Waals surface area contributed by atoms with E-state index in [0.29, 0.717) is 33.8 Å². The van der Waals surface area contributed by atoms with Crippen molar-refractivity contribution < 1.29 is 19.4 Å². The molecule has 3 rings (SSSR count). The number of hydrogen-bond acceptors (Lipinski definition) is 4. The second kappa shape index (κ2) is 9.80. The van der Waals surface area contributed by atoms with Gasteiger partial charge in [-0.2, -0.15) is 0 Å². The Balaban J connectivity index is 2.09. The van der Waals surface area contributed by atoms with Gasteiger partial charge in [-0.1, -0.05) is 54.4 Å². The Morgan fingerprint density at radius 3 is 2.00 bits per heavy atom. The SMILES string of the molecule is COc1ccc(N(C(N)=O)C2CCCC2)c(NC(=O)c2cc(C(C)(C)C)c(O)c(C(C)(C)C)c2)c1. The van der Waals surface area contributed by atoms with Gasteiger partial charge in [0.2, 0.25) is 0 Å². The minimum atomic E-state index is -0.549. The van der Waals surface area contributed by atoms with E-state index in [-0.39, 0.29) is 28.5 Å². The molecule has 0 spiro atoms. The fourth-order valence-electron chi connectivity index (χ4n) is 4.71. The first-order chi connectivity index (χ1) is 16.2. The summed E-state index contributed by atoms with van der Waals surface area (Å²) in [5.41, 5.74) is 7.88. The summed E-state index contributed by atoms with van der Waals surface area (Å²) in [5, 5.41) is 14.0. The van der Waals surface area contributed by atoms with Crippen LogP contribution in [0.15, 0.2) is 30.3 Å². The molecule has 2 aromatic carbocycles. The zero-order chi connectivity index (χ0) is 26.1. The van der Waals surface area contributed by atoms with Crippen molar-refractivity contribution >= 4 is 23.3 Å². The molecule has 7 heteroatoms. The first kappa shape index (κ1) is 26.4. The highest BCUT2D eigenvalue weighted by molar-refractivity contribution is 6.08. The molecule has 1 fully saturated rings. The number of amides is 3. The minimum absolute atomic E-state index is 0.00907. The Labute approximate surface area is 208 Å². The summed E-state index contributed by atoms with van der Waals surface area (Å²) in [7, 11) is 1.55. The molecule has 35 heavy (non-hydrogen) atoms. The van der Waals surface area contributed by atoms with Gasteiger partial charge in [0, 0.05) is 28.8 Å². The predicted octanol–water partition coefficient (Wildman–Crippen LogP) is 6.08. The largest absolute Gasteiger partial charge is 0.507 e. The zero-order valence-corrected chi connectivity index (χ0v) is 22.0. The number of methoxy groups -OCH3 is 1. The molecule has 0 unspecified atom stereocenters. The Hall–Kier alpha value is -3.22. The minimum Gasteiger partial charge on any atom is -0.507 e. The van der Waals surface area contributed by atoms with Gasteiger partial charge in [0.15, 0.2) is 0 Å². The number of nitrogens with one attached hydrogen (secondary N) is 1. The topological polar surface area (TPSA) is 105 Å². The molecule has 190 valence electrons. The normalized spacial score (nSPS) is 14.6. The molecular weight excluding hydrogens is 442 g/mol. The standard InChI is InChI=1S/C28H39N3O4/c1-27(2,3)20-14-17(15-21(24(20)32)28(4,5)6)25(33)30-22-16-19(35-7)12-13-23(22)31(26(29)34)18-10-8-9-11-18/h12-16,18,32H,8-11H2,1-7H3,(H2,29,34)(H,30,33). The quantitative estimate of drug-likeness (QED) is 0.481. The number of carbonyl (C=O) groups is 2. The van der Waals surface area contributed by atoms with E-state index < -0.39 is 6.03 Å². The molecule has 1 saturated carbocycles. The number of ether oxygens (including phenoxy) is 1. The van der Waals surface area contributed by atoms with Crippen LogP contribution in [0.1, 0.15) is 88.7 Å². The van der Waals surface area contributed by atoms with Gasteiger partial charge in [-0.25, -0.2) is 4.79 Å². The van der Waals surface area contributed by atoms with Crippen molar-refractivity contribution in [3.8, 4) is 11.5 Å². The van der Waals surface area contributed by atoms with Crippen LogP contribution >= 0.6 is 0 Å². The highest BCUT2D eigenvalue weighted by Gasteiger charge is 2.30. The van der Waals surface area contributed by atoms with E-state index in [1.807, 2.05) is 41.5 Å². The van der Waals surface area contributed by atoms with Crippen LogP contribution in [0.2, 0.25) is 0 Å². The summed E-state index contributed by atoms with van der Waals surface area (Å²) in [6.45, 7) is 12.0. The van der Waals surface area contributed by atoms with Gasteiger partial charge in [0.05, 0.1) is 18.5 Å². The van der Waals surface area contributed by atoms with E-state index in [9.17, 15) is 14.7 Å². The van der Waals surface area contributed by atoms with E-state index in [0.717, 1.165) is 25.7 Å². The highest BCUT2D eigenvalue weighted by Crippen LogP contribution is 2.40. The van der Waals surface area contributed by atoms with Crippen LogP contribution < -0.4 is 20.7 Å². The van der Waals surface area contributed by atoms with Crippen LogP contribution in [-0.2, 0) is 10.8 Å². The molecular formula is C28H39N3O4.